The van der Waals surface area contributed by atoms with Crippen LogP contribution in [0.3, 0.4) is 0 Å². The molecule has 14 nitrogen and oxygen atoms in total. The molecule has 200 valence electrons. The van der Waals surface area contributed by atoms with Gasteiger partial charge >= 0.3 is 5.97 Å². The topological polar surface area (TPSA) is 252 Å². The average Bonchev–Trinajstić information content (AvgIpc) is 3.29. The highest BCUT2D eigenvalue weighted by Crippen LogP contribution is 2.20. The number of carbonyl (C=O) groups excluding carboxylic acids is 3. The van der Waals surface area contributed by atoms with Crippen LogP contribution >= 0.6 is 0 Å². The molecule has 5 atom stereocenters. The smallest absolute Gasteiger partial charge is 0.326 e. The minimum Gasteiger partial charge on any atom is -0.480 e. The van der Waals surface area contributed by atoms with E-state index in [9.17, 15) is 29.4 Å². The molecule has 1 aliphatic rings. The second-order valence-corrected chi connectivity index (χ2v) is 8.65. The van der Waals surface area contributed by atoms with Crippen molar-refractivity contribution in [2.45, 2.75) is 82.1 Å². The predicted molar refractivity (Wildman–Crippen MR) is 129 cm³/mol. The van der Waals surface area contributed by atoms with Crippen LogP contribution in [0.1, 0.15) is 51.9 Å². The first-order chi connectivity index (χ1) is 16.5. The third-order valence-electron chi connectivity index (χ3n) is 5.78. The van der Waals surface area contributed by atoms with Gasteiger partial charge < -0.3 is 48.7 Å². The number of unbranched alkanes of at least 4 members (excludes halogenated alkanes) is 1. The summed E-state index contributed by atoms with van der Waals surface area (Å²) in [6, 6.07) is -4.21. The highest BCUT2D eigenvalue weighted by Gasteiger charge is 2.39. The van der Waals surface area contributed by atoms with Crippen LogP contribution in [0.2, 0.25) is 0 Å². The van der Waals surface area contributed by atoms with E-state index in [0.29, 0.717) is 38.6 Å². The number of aliphatic hydroxyl groups excluding tert-OH is 1. The number of rotatable bonds is 15. The van der Waals surface area contributed by atoms with Crippen LogP contribution in [0.25, 0.3) is 0 Å². The molecule has 1 rings (SSSR count). The molecule has 1 heterocycles. The van der Waals surface area contributed by atoms with Gasteiger partial charge in [0.1, 0.15) is 24.2 Å². The maximum atomic E-state index is 13.3. The largest absolute Gasteiger partial charge is 0.480 e. The highest BCUT2D eigenvalue weighted by molar-refractivity contribution is 5.94. The van der Waals surface area contributed by atoms with Crippen molar-refractivity contribution in [2.24, 2.45) is 27.9 Å². The number of carbonyl (C=O) groups is 4. The van der Waals surface area contributed by atoms with Crippen molar-refractivity contribution in [1.82, 2.24) is 15.5 Å². The van der Waals surface area contributed by atoms with Crippen LogP contribution in [-0.2, 0) is 19.2 Å². The lowest BCUT2D eigenvalue weighted by molar-refractivity contribution is -0.145. The third-order valence-corrected chi connectivity index (χ3v) is 5.78. The van der Waals surface area contributed by atoms with Crippen LogP contribution in [0.4, 0.5) is 0 Å². The van der Waals surface area contributed by atoms with Crippen molar-refractivity contribution in [3.63, 3.8) is 0 Å². The van der Waals surface area contributed by atoms with Gasteiger partial charge in [-0.25, -0.2) is 4.79 Å². The molecule has 0 bridgehead atoms. The summed E-state index contributed by atoms with van der Waals surface area (Å²) in [6.07, 6.45) is 1.69. The maximum Gasteiger partial charge on any atom is 0.326 e. The van der Waals surface area contributed by atoms with Gasteiger partial charge in [0, 0.05) is 13.1 Å². The lowest BCUT2D eigenvalue weighted by atomic mass is 10.1. The molecule has 12 N–H and O–H groups in total. The van der Waals surface area contributed by atoms with Gasteiger partial charge in [0.2, 0.25) is 17.7 Å². The first-order valence-corrected chi connectivity index (χ1v) is 11.8. The number of hydrogen-bond acceptors (Lipinski definition) is 8. The van der Waals surface area contributed by atoms with Gasteiger partial charge in [-0.1, -0.05) is 0 Å². The number of nitrogens with two attached hydrogens (primary N) is 4. The molecule has 1 aliphatic heterocycles. The van der Waals surface area contributed by atoms with E-state index in [1.807, 2.05) is 0 Å². The molecule has 0 radical (unpaired) electrons. The Balaban J connectivity index is 2.90. The van der Waals surface area contributed by atoms with Gasteiger partial charge in [0.25, 0.3) is 0 Å². The Kier molecular flexibility index (Phi) is 13.0. The van der Waals surface area contributed by atoms with Gasteiger partial charge in [-0.3, -0.25) is 19.4 Å². The predicted octanol–water partition coefficient (Wildman–Crippen LogP) is -3.08. The quantitative estimate of drug-likeness (QED) is 0.0639. The molecule has 0 aromatic carbocycles. The first-order valence-electron chi connectivity index (χ1n) is 11.8. The van der Waals surface area contributed by atoms with Crippen molar-refractivity contribution in [3.8, 4) is 0 Å². The molecule has 0 aromatic rings. The number of nitrogens with zero attached hydrogens (tertiary/aromatic N) is 2. The molecule has 0 unspecified atom stereocenters. The summed E-state index contributed by atoms with van der Waals surface area (Å²) in [6.45, 7) is 2.28. The fourth-order valence-electron chi connectivity index (χ4n) is 3.77. The number of likely N-dealkylation sites (tertiary alicyclic amines) is 1. The number of carboxylic acids is 1. The van der Waals surface area contributed by atoms with Gasteiger partial charge in [0.05, 0.1) is 6.10 Å². The number of guanidine groups is 1. The van der Waals surface area contributed by atoms with E-state index in [2.05, 4.69) is 15.6 Å². The van der Waals surface area contributed by atoms with Gasteiger partial charge in [-0.15, -0.1) is 0 Å². The van der Waals surface area contributed by atoms with Crippen LogP contribution in [0.5, 0.6) is 0 Å². The Labute approximate surface area is 204 Å². The molecule has 0 saturated carbocycles. The fraction of sp³-hybridized carbons (Fsp3) is 0.762. The number of nitrogens with one attached hydrogen (secondary N) is 2. The standard InChI is InChI=1S/C21H40N8O6/c1-12(30)16(23)18(32)27-13(6-2-3-9-22)19(33)29-11-5-8-15(29)17(31)28-14(20(34)35)7-4-10-26-21(24)25/h12-16,30H,2-11,22-23H2,1H3,(H,27,32)(H,28,31)(H,34,35)(H4,24,25,26)/t12-,13+,14-,15-,16-/m0/s1. The Bertz CT molecular complexity index is 758. The monoisotopic (exact) mass is 500 g/mol. The Morgan fingerprint density at radius 1 is 1.09 bits per heavy atom. The van der Waals surface area contributed by atoms with E-state index in [4.69, 9.17) is 22.9 Å². The molecular weight excluding hydrogens is 460 g/mol. The number of carboxylic acid groups (broad SMARTS) is 1. The Morgan fingerprint density at radius 2 is 1.74 bits per heavy atom. The molecule has 14 heteroatoms. The second-order valence-electron chi connectivity index (χ2n) is 8.65. The fourth-order valence-corrected chi connectivity index (χ4v) is 3.77. The zero-order valence-corrected chi connectivity index (χ0v) is 20.2. The van der Waals surface area contributed by atoms with Crippen LogP contribution in [0.15, 0.2) is 4.99 Å². The molecule has 0 spiro atoms. The average molecular weight is 501 g/mol. The summed E-state index contributed by atoms with van der Waals surface area (Å²) in [7, 11) is 0. The summed E-state index contributed by atoms with van der Waals surface area (Å²) < 4.78 is 0. The summed E-state index contributed by atoms with van der Waals surface area (Å²) >= 11 is 0. The van der Waals surface area contributed by atoms with E-state index in [1.54, 1.807) is 0 Å². The minimum absolute atomic E-state index is 0.105. The summed E-state index contributed by atoms with van der Waals surface area (Å²) in [5, 5.41) is 24.2. The third kappa shape index (κ3) is 10.0. The number of aliphatic carboxylic acids is 1. The number of aliphatic imine (C=N–C) groups is 1. The normalized spacial score (nSPS) is 18.7. The molecule has 0 aromatic heterocycles. The number of aliphatic hydroxyl groups is 1. The zero-order chi connectivity index (χ0) is 26.5. The van der Waals surface area contributed by atoms with Gasteiger partial charge in [-0.05, 0) is 58.4 Å². The van der Waals surface area contributed by atoms with Crippen molar-refractivity contribution in [2.75, 3.05) is 19.6 Å². The maximum absolute atomic E-state index is 13.3. The van der Waals surface area contributed by atoms with Crippen molar-refractivity contribution >= 4 is 29.7 Å². The van der Waals surface area contributed by atoms with Gasteiger partial charge in [0.15, 0.2) is 5.96 Å². The van der Waals surface area contributed by atoms with Crippen LogP contribution in [0, 0.1) is 0 Å². The van der Waals surface area contributed by atoms with E-state index in [1.165, 1.54) is 11.8 Å². The van der Waals surface area contributed by atoms with E-state index < -0.39 is 54.0 Å². The first kappa shape index (κ1) is 30.1. The molecule has 1 saturated heterocycles. The van der Waals surface area contributed by atoms with Crippen LogP contribution in [-0.4, -0.2) is 94.7 Å². The lowest BCUT2D eigenvalue weighted by Gasteiger charge is -2.30. The van der Waals surface area contributed by atoms with Crippen molar-refractivity contribution < 1.29 is 29.4 Å². The lowest BCUT2D eigenvalue weighted by Crippen LogP contribution is -2.57. The number of amides is 3. The molecule has 1 fully saturated rings. The van der Waals surface area contributed by atoms with Crippen LogP contribution < -0.4 is 33.6 Å². The van der Waals surface area contributed by atoms with Crippen molar-refractivity contribution in [1.29, 1.82) is 0 Å². The van der Waals surface area contributed by atoms with E-state index in [-0.39, 0.29) is 31.9 Å². The molecule has 3 amide bonds. The Morgan fingerprint density at radius 3 is 2.31 bits per heavy atom. The van der Waals surface area contributed by atoms with Gasteiger partial charge in [-0.2, -0.15) is 0 Å². The number of hydrogen-bond donors (Lipinski definition) is 8. The van der Waals surface area contributed by atoms with E-state index in [0.717, 1.165) is 0 Å². The second kappa shape index (κ2) is 15.1. The zero-order valence-electron chi connectivity index (χ0n) is 20.2. The van der Waals surface area contributed by atoms with Crippen molar-refractivity contribution in [3.05, 3.63) is 0 Å². The van der Waals surface area contributed by atoms with E-state index >= 15 is 0 Å². The summed E-state index contributed by atoms with van der Waals surface area (Å²) in [4.78, 5) is 55.4. The Hall–Kier alpha value is -2.97. The SMILES string of the molecule is C[C@H](O)[C@H](N)C(=O)N[C@H](CCCCN)C(=O)N1CCC[C@H]1C(=O)N[C@@H](CCCN=C(N)N)C(=O)O. The minimum atomic E-state index is -1.22. The molecule has 0 aliphatic carbocycles. The summed E-state index contributed by atoms with van der Waals surface area (Å²) in [5.74, 6) is -3.05. The molecule has 35 heavy (non-hydrogen) atoms. The highest BCUT2D eigenvalue weighted by atomic mass is 16.4. The molecular formula is C21H40N8O6. The summed E-state index contributed by atoms with van der Waals surface area (Å²) in [5.41, 5.74) is 21.7.